The zero-order valence-corrected chi connectivity index (χ0v) is 19.1. The number of carbonyl (C=O) groups excluding carboxylic acids is 1. The molecular formula is C23H31N3O4S. The molecule has 1 heterocycles. The molecule has 0 spiro atoms. The molecule has 0 radical (unpaired) electrons. The Bertz CT molecular complexity index is 941. The van der Waals surface area contributed by atoms with Crippen LogP contribution in [0.25, 0.3) is 0 Å². The van der Waals surface area contributed by atoms with Crippen LogP contribution < -0.4 is 4.74 Å². The van der Waals surface area contributed by atoms with E-state index in [0.29, 0.717) is 25.4 Å². The topological polar surface area (TPSA) is 70.2 Å². The van der Waals surface area contributed by atoms with Crippen LogP contribution >= 0.6 is 0 Å². The lowest BCUT2D eigenvalue weighted by molar-refractivity contribution is -0.133. The van der Waals surface area contributed by atoms with Crippen molar-refractivity contribution in [3.8, 4) is 5.75 Å². The van der Waals surface area contributed by atoms with Gasteiger partial charge < -0.3 is 14.5 Å². The molecule has 0 aromatic heterocycles. The lowest BCUT2D eigenvalue weighted by Crippen LogP contribution is -2.51. The maximum absolute atomic E-state index is 13.4. The van der Waals surface area contributed by atoms with Crippen molar-refractivity contribution in [1.29, 1.82) is 0 Å². The molecule has 8 heteroatoms. The number of sulfonamides is 1. The van der Waals surface area contributed by atoms with Gasteiger partial charge in [0.2, 0.25) is 15.9 Å². The molecular weight excluding hydrogens is 414 g/mol. The minimum Gasteiger partial charge on any atom is -0.494 e. The molecule has 0 bridgehead atoms. The van der Waals surface area contributed by atoms with E-state index in [1.807, 2.05) is 37.3 Å². The molecule has 0 unspecified atom stereocenters. The summed E-state index contributed by atoms with van der Waals surface area (Å²) >= 11 is 0. The normalized spacial score (nSPS) is 15.3. The van der Waals surface area contributed by atoms with Crippen LogP contribution in [0, 0.1) is 0 Å². The van der Waals surface area contributed by atoms with Crippen molar-refractivity contribution in [1.82, 2.24) is 14.1 Å². The second-order valence-electron chi connectivity index (χ2n) is 7.48. The number of piperazine rings is 1. The van der Waals surface area contributed by atoms with Gasteiger partial charge in [-0.15, -0.1) is 0 Å². The first kappa shape index (κ1) is 23.2. The summed E-state index contributed by atoms with van der Waals surface area (Å²) in [5.74, 6) is 0.446. The average molecular weight is 446 g/mol. The molecule has 0 saturated carbocycles. The van der Waals surface area contributed by atoms with Gasteiger partial charge in [-0.1, -0.05) is 37.3 Å². The fourth-order valence-electron chi connectivity index (χ4n) is 3.60. The first-order chi connectivity index (χ1) is 14.9. The molecule has 1 aliphatic rings. The number of ether oxygens (including phenoxy) is 1. The number of amides is 1. The summed E-state index contributed by atoms with van der Waals surface area (Å²) in [6, 6.07) is 15.7. The second-order valence-corrected chi connectivity index (χ2v) is 9.42. The minimum atomic E-state index is -3.86. The van der Waals surface area contributed by atoms with Crippen molar-refractivity contribution in [3.63, 3.8) is 0 Å². The summed E-state index contributed by atoms with van der Waals surface area (Å²) in [7, 11) is -3.86. The van der Waals surface area contributed by atoms with Crippen molar-refractivity contribution in [2.75, 3.05) is 45.9 Å². The van der Waals surface area contributed by atoms with Crippen LogP contribution in [0.2, 0.25) is 0 Å². The van der Waals surface area contributed by atoms with E-state index in [4.69, 9.17) is 4.74 Å². The van der Waals surface area contributed by atoms with E-state index in [2.05, 4.69) is 11.8 Å². The van der Waals surface area contributed by atoms with E-state index < -0.39 is 10.0 Å². The maximum atomic E-state index is 13.4. The highest BCUT2D eigenvalue weighted by molar-refractivity contribution is 7.89. The third kappa shape index (κ3) is 6.06. The van der Waals surface area contributed by atoms with E-state index in [9.17, 15) is 13.2 Å². The first-order valence-corrected chi connectivity index (χ1v) is 12.1. The Kier molecular flexibility index (Phi) is 8.06. The molecule has 0 N–H and O–H groups in total. The van der Waals surface area contributed by atoms with Gasteiger partial charge in [-0.2, -0.15) is 4.31 Å². The molecule has 1 amide bonds. The number of nitrogens with zero attached hydrogens (tertiary/aromatic N) is 3. The largest absolute Gasteiger partial charge is 0.494 e. The number of carbonyl (C=O) groups is 1. The van der Waals surface area contributed by atoms with Gasteiger partial charge in [-0.3, -0.25) is 4.79 Å². The third-order valence-corrected chi connectivity index (χ3v) is 7.26. The standard InChI is InChI=1S/C23H31N3O4S/c1-3-24-14-16-25(17-15-24)23(27)19-26(18-20-8-6-5-7-9-20)31(28,29)22-12-10-21(11-13-22)30-4-2/h5-13H,3-4,14-19H2,1-2H3. The smallest absolute Gasteiger partial charge is 0.243 e. The van der Waals surface area contributed by atoms with Gasteiger partial charge in [-0.05, 0) is 43.3 Å². The zero-order chi connectivity index (χ0) is 22.3. The van der Waals surface area contributed by atoms with Crippen molar-refractivity contribution in [2.45, 2.75) is 25.3 Å². The van der Waals surface area contributed by atoms with Crippen molar-refractivity contribution < 1.29 is 17.9 Å². The number of likely N-dealkylation sites (N-methyl/N-ethyl adjacent to an activating group) is 1. The van der Waals surface area contributed by atoms with Gasteiger partial charge in [-0.25, -0.2) is 8.42 Å². The molecule has 1 saturated heterocycles. The molecule has 1 aliphatic heterocycles. The highest BCUT2D eigenvalue weighted by Crippen LogP contribution is 2.22. The number of hydrogen-bond donors (Lipinski definition) is 0. The van der Waals surface area contributed by atoms with Crippen LogP contribution in [0.5, 0.6) is 5.75 Å². The van der Waals surface area contributed by atoms with Gasteiger partial charge in [0.05, 0.1) is 18.0 Å². The Labute approximate surface area is 185 Å². The highest BCUT2D eigenvalue weighted by atomic mass is 32.2. The molecule has 0 atom stereocenters. The fraction of sp³-hybridized carbons (Fsp3) is 0.435. The third-order valence-electron chi connectivity index (χ3n) is 5.46. The molecule has 7 nitrogen and oxygen atoms in total. The van der Waals surface area contributed by atoms with Gasteiger partial charge in [0.25, 0.3) is 0 Å². The van der Waals surface area contributed by atoms with Crippen LogP contribution in [-0.4, -0.2) is 74.3 Å². The summed E-state index contributed by atoms with van der Waals surface area (Å²) in [6.07, 6.45) is 0. The monoisotopic (exact) mass is 445 g/mol. The lowest BCUT2D eigenvalue weighted by atomic mass is 10.2. The van der Waals surface area contributed by atoms with E-state index in [1.54, 1.807) is 17.0 Å². The van der Waals surface area contributed by atoms with Gasteiger partial charge in [0.1, 0.15) is 5.75 Å². The molecule has 3 rings (SSSR count). The van der Waals surface area contributed by atoms with Crippen LogP contribution in [0.15, 0.2) is 59.5 Å². The Morgan fingerprint density at radius 3 is 2.19 bits per heavy atom. The predicted octanol–water partition coefficient (Wildman–Crippen LogP) is 2.44. The summed E-state index contributed by atoms with van der Waals surface area (Å²) in [5, 5.41) is 0. The van der Waals surface area contributed by atoms with Gasteiger partial charge in [0.15, 0.2) is 0 Å². The SMILES string of the molecule is CCOc1ccc(S(=O)(=O)N(CC(=O)N2CCN(CC)CC2)Cc2ccccc2)cc1. The van der Waals surface area contributed by atoms with E-state index >= 15 is 0 Å². The quantitative estimate of drug-likeness (QED) is 0.593. The second kappa shape index (κ2) is 10.7. The van der Waals surface area contributed by atoms with Crippen LogP contribution in [-0.2, 0) is 21.4 Å². The first-order valence-electron chi connectivity index (χ1n) is 10.7. The summed E-state index contributed by atoms with van der Waals surface area (Å²) in [6.45, 7) is 8.25. The van der Waals surface area contributed by atoms with E-state index in [-0.39, 0.29) is 23.9 Å². The molecule has 2 aromatic carbocycles. The minimum absolute atomic E-state index is 0.136. The highest BCUT2D eigenvalue weighted by Gasteiger charge is 2.30. The van der Waals surface area contributed by atoms with E-state index in [1.165, 1.54) is 16.4 Å². The summed E-state index contributed by atoms with van der Waals surface area (Å²) in [4.78, 5) is 17.2. The zero-order valence-electron chi connectivity index (χ0n) is 18.2. The maximum Gasteiger partial charge on any atom is 0.243 e. The predicted molar refractivity (Wildman–Crippen MR) is 120 cm³/mol. The molecule has 2 aromatic rings. The van der Waals surface area contributed by atoms with Crippen LogP contribution in [0.1, 0.15) is 19.4 Å². The molecule has 31 heavy (non-hydrogen) atoms. The molecule has 1 fully saturated rings. The van der Waals surface area contributed by atoms with Crippen molar-refractivity contribution in [3.05, 3.63) is 60.2 Å². The average Bonchev–Trinajstić information content (AvgIpc) is 2.80. The summed E-state index contributed by atoms with van der Waals surface area (Å²) in [5.41, 5.74) is 0.834. The number of rotatable bonds is 9. The Hall–Kier alpha value is -2.42. The molecule has 0 aliphatic carbocycles. The van der Waals surface area contributed by atoms with E-state index in [0.717, 1.165) is 25.2 Å². The molecule has 168 valence electrons. The Morgan fingerprint density at radius 1 is 0.968 bits per heavy atom. The van der Waals surface area contributed by atoms with Gasteiger partial charge in [0, 0.05) is 32.7 Å². The number of hydrogen-bond acceptors (Lipinski definition) is 5. The van der Waals surface area contributed by atoms with Crippen molar-refractivity contribution in [2.24, 2.45) is 0 Å². The summed E-state index contributed by atoms with van der Waals surface area (Å²) < 4.78 is 33.5. The fourth-order valence-corrected chi connectivity index (χ4v) is 4.98. The van der Waals surface area contributed by atoms with Crippen LogP contribution in [0.4, 0.5) is 0 Å². The lowest BCUT2D eigenvalue weighted by Gasteiger charge is -2.35. The van der Waals surface area contributed by atoms with Gasteiger partial charge >= 0.3 is 0 Å². The Balaban J connectivity index is 1.81. The Morgan fingerprint density at radius 2 is 1.61 bits per heavy atom. The van der Waals surface area contributed by atoms with Crippen molar-refractivity contribution >= 4 is 15.9 Å². The number of benzene rings is 2. The van der Waals surface area contributed by atoms with Crippen LogP contribution in [0.3, 0.4) is 0 Å².